The first-order chi connectivity index (χ1) is 8.72. The standard InChI is InChI=1S/C14H20BrN3.HI/c1-3-17-13(16-2)18-10-14(8-9-14)11-6-4-5-7-12(11)15;/h4-7H,3,8-10H2,1-2H3,(H2,16,17,18);1H. The van der Waals surface area contributed by atoms with Gasteiger partial charge in [-0.15, -0.1) is 24.0 Å². The van der Waals surface area contributed by atoms with Crippen molar-refractivity contribution < 1.29 is 0 Å². The van der Waals surface area contributed by atoms with E-state index in [2.05, 4.69) is 62.7 Å². The van der Waals surface area contributed by atoms with Crippen LogP contribution in [0.3, 0.4) is 0 Å². The van der Waals surface area contributed by atoms with Crippen molar-refractivity contribution in [1.29, 1.82) is 0 Å². The van der Waals surface area contributed by atoms with Gasteiger partial charge in [-0.3, -0.25) is 4.99 Å². The Hall–Kier alpha value is -0.300. The number of nitrogens with zero attached hydrogens (tertiary/aromatic N) is 1. The van der Waals surface area contributed by atoms with E-state index in [0.717, 1.165) is 19.0 Å². The van der Waals surface area contributed by atoms with Gasteiger partial charge in [0.15, 0.2) is 5.96 Å². The van der Waals surface area contributed by atoms with Crippen LogP contribution < -0.4 is 10.6 Å². The van der Waals surface area contributed by atoms with Crippen molar-refractivity contribution in [3.63, 3.8) is 0 Å². The third-order valence-electron chi connectivity index (χ3n) is 3.46. The fourth-order valence-electron chi connectivity index (χ4n) is 2.22. The summed E-state index contributed by atoms with van der Waals surface area (Å²) < 4.78 is 1.21. The van der Waals surface area contributed by atoms with Crippen molar-refractivity contribution >= 4 is 45.9 Å². The Morgan fingerprint density at radius 1 is 1.32 bits per heavy atom. The molecule has 0 radical (unpaired) electrons. The van der Waals surface area contributed by atoms with Crippen molar-refractivity contribution in [2.45, 2.75) is 25.2 Å². The molecule has 0 aromatic heterocycles. The minimum Gasteiger partial charge on any atom is -0.357 e. The van der Waals surface area contributed by atoms with Crippen molar-refractivity contribution in [1.82, 2.24) is 10.6 Å². The van der Waals surface area contributed by atoms with E-state index < -0.39 is 0 Å². The van der Waals surface area contributed by atoms with Crippen LogP contribution in [0.5, 0.6) is 0 Å². The van der Waals surface area contributed by atoms with Crippen LogP contribution in [0, 0.1) is 0 Å². The van der Waals surface area contributed by atoms with E-state index in [4.69, 9.17) is 0 Å². The Morgan fingerprint density at radius 2 is 2.00 bits per heavy atom. The van der Waals surface area contributed by atoms with Gasteiger partial charge in [-0.25, -0.2) is 0 Å². The van der Waals surface area contributed by atoms with Crippen molar-refractivity contribution in [2.75, 3.05) is 20.1 Å². The van der Waals surface area contributed by atoms with E-state index in [9.17, 15) is 0 Å². The van der Waals surface area contributed by atoms with Crippen LogP contribution in [-0.4, -0.2) is 26.1 Å². The highest BCUT2D eigenvalue weighted by Gasteiger charge is 2.45. The van der Waals surface area contributed by atoms with E-state index in [-0.39, 0.29) is 29.4 Å². The Balaban J connectivity index is 0.00000180. The second kappa shape index (κ2) is 7.47. The third kappa shape index (κ3) is 4.08. The molecule has 0 spiro atoms. The van der Waals surface area contributed by atoms with Crippen LogP contribution in [0.25, 0.3) is 0 Å². The molecule has 19 heavy (non-hydrogen) atoms. The molecule has 0 saturated heterocycles. The summed E-state index contributed by atoms with van der Waals surface area (Å²) in [5, 5.41) is 6.64. The van der Waals surface area contributed by atoms with Crippen LogP contribution in [-0.2, 0) is 5.41 Å². The molecule has 0 aliphatic heterocycles. The van der Waals surface area contributed by atoms with Crippen molar-refractivity contribution in [2.24, 2.45) is 4.99 Å². The molecule has 5 heteroatoms. The maximum Gasteiger partial charge on any atom is 0.190 e. The Kier molecular flexibility index (Phi) is 6.59. The summed E-state index contributed by atoms with van der Waals surface area (Å²) in [5.41, 5.74) is 1.69. The van der Waals surface area contributed by atoms with E-state index in [1.807, 2.05) is 7.05 Å². The van der Waals surface area contributed by atoms with E-state index in [1.54, 1.807) is 0 Å². The SMILES string of the molecule is CCNC(=NC)NCC1(c2ccccc2Br)CC1.I. The predicted molar refractivity (Wildman–Crippen MR) is 95.5 cm³/mol. The average Bonchev–Trinajstić information content (AvgIpc) is 3.16. The van der Waals surface area contributed by atoms with Gasteiger partial charge in [0.25, 0.3) is 0 Å². The van der Waals surface area contributed by atoms with Crippen molar-refractivity contribution in [3.8, 4) is 0 Å². The van der Waals surface area contributed by atoms with Gasteiger partial charge in [0, 0.05) is 30.0 Å². The van der Waals surface area contributed by atoms with Crippen LogP contribution in [0.4, 0.5) is 0 Å². The highest BCUT2D eigenvalue weighted by molar-refractivity contribution is 14.0. The molecule has 0 atom stereocenters. The number of hydrogen-bond acceptors (Lipinski definition) is 1. The molecule has 1 aromatic carbocycles. The zero-order chi connectivity index (χ0) is 13.0. The maximum absolute atomic E-state index is 4.21. The number of benzene rings is 1. The first kappa shape index (κ1) is 16.8. The fraction of sp³-hybridized carbons (Fsp3) is 0.500. The molecule has 1 aliphatic rings. The van der Waals surface area contributed by atoms with Crippen LogP contribution in [0.1, 0.15) is 25.3 Å². The minimum absolute atomic E-state index is 0. The first-order valence-electron chi connectivity index (χ1n) is 6.41. The second-order valence-corrected chi connectivity index (χ2v) is 5.57. The maximum atomic E-state index is 4.21. The average molecular weight is 438 g/mol. The summed E-state index contributed by atoms with van der Waals surface area (Å²) in [5.74, 6) is 0.885. The zero-order valence-electron chi connectivity index (χ0n) is 11.4. The molecule has 106 valence electrons. The fourth-order valence-corrected chi connectivity index (χ4v) is 2.93. The van der Waals surface area contributed by atoms with Gasteiger partial charge in [0.2, 0.25) is 0 Å². The van der Waals surface area contributed by atoms with E-state index in [1.165, 1.54) is 22.9 Å². The lowest BCUT2D eigenvalue weighted by Gasteiger charge is -2.19. The Bertz CT molecular complexity index is 444. The normalized spacial score (nSPS) is 16.5. The van der Waals surface area contributed by atoms with Gasteiger partial charge in [-0.1, -0.05) is 34.1 Å². The van der Waals surface area contributed by atoms with E-state index in [0.29, 0.717) is 0 Å². The lowest BCUT2D eigenvalue weighted by molar-refractivity contribution is 0.645. The molecule has 0 bridgehead atoms. The summed E-state index contributed by atoms with van der Waals surface area (Å²) in [6.07, 6.45) is 2.48. The molecule has 0 amide bonds. The van der Waals surface area contributed by atoms with Gasteiger partial charge in [-0.05, 0) is 31.4 Å². The van der Waals surface area contributed by atoms with Crippen LogP contribution in [0.15, 0.2) is 33.7 Å². The topological polar surface area (TPSA) is 36.4 Å². The number of halogens is 2. The van der Waals surface area contributed by atoms with Crippen molar-refractivity contribution in [3.05, 3.63) is 34.3 Å². The number of rotatable bonds is 4. The zero-order valence-corrected chi connectivity index (χ0v) is 15.3. The van der Waals surface area contributed by atoms with Gasteiger partial charge in [0.05, 0.1) is 0 Å². The molecular formula is C14H21BrIN3. The highest BCUT2D eigenvalue weighted by Crippen LogP contribution is 2.49. The number of guanidine groups is 1. The minimum atomic E-state index is 0. The largest absolute Gasteiger partial charge is 0.357 e. The number of hydrogen-bond donors (Lipinski definition) is 2. The summed E-state index contributed by atoms with van der Waals surface area (Å²) in [4.78, 5) is 4.21. The molecule has 1 fully saturated rings. The van der Waals surface area contributed by atoms with Gasteiger partial charge in [0.1, 0.15) is 0 Å². The van der Waals surface area contributed by atoms with Gasteiger partial charge in [-0.2, -0.15) is 0 Å². The molecule has 1 saturated carbocycles. The molecule has 0 unspecified atom stereocenters. The summed E-state index contributed by atoms with van der Waals surface area (Å²) >= 11 is 3.65. The lowest BCUT2D eigenvalue weighted by atomic mass is 9.96. The first-order valence-corrected chi connectivity index (χ1v) is 7.21. The monoisotopic (exact) mass is 437 g/mol. The Labute approximate surface area is 140 Å². The summed E-state index contributed by atoms with van der Waals surface area (Å²) in [7, 11) is 1.81. The van der Waals surface area contributed by atoms with Gasteiger partial charge < -0.3 is 10.6 Å². The molecule has 0 heterocycles. The van der Waals surface area contributed by atoms with Crippen LogP contribution >= 0.6 is 39.9 Å². The highest BCUT2D eigenvalue weighted by atomic mass is 127. The lowest BCUT2D eigenvalue weighted by Crippen LogP contribution is -2.41. The van der Waals surface area contributed by atoms with Gasteiger partial charge >= 0.3 is 0 Å². The molecule has 3 nitrogen and oxygen atoms in total. The number of nitrogens with one attached hydrogen (secondary N) is 2. The predicted octanol–water partition coefficient (Wildman–Crippen LogP) is 3.28. The quantitative estimate of drug-likeness (QED) is 0.430. The smallest absolute Gasteiger partial charge is 0.190 e. The third-order valence-corrected chi connectivity index (χ3v) is 4.15. The summed E-state index contributed by atoms with van der Waals surface area (Å²) in [6.45, 7) is 3.91. The van der Waals surface area contributed by atoms with Crippen LogP contribution in [0.2, 0.25) is 0 Å². The molecule has 1 aromatic rings. The second-order valence-electron chi connectivity index (χ2n) is 4.72. The van der Waals surface area contributed by atoms with E-state index >= 15 is 0 Å². The molecule has 2 rings (SSSR count). The molecular weight excluding hydrogens is 417 g/mol. The number of aliphatic imine (C=N–C) groups is 1. The molecule has 2 N–H and O–H groups in total. The molecule has 1 aliphatic carbocycles. The summed E-state index contributed by atoms with van der Waals surface area (Å²) in [6, 6.07) is 8.51. The Morgan fingerprint density at radius 3 is 2.53 bits per heavy atom.